The number of carbonyl (C=O) groups excluding carboxylic acids is 2. The van der Waals surface area contributed by atoms with E-state index in [0.29, 0.717) is 6.54 Å². The Hall–Kier alpha value is -1.57. The zero-order valence-corrected chi connectivity index (χ0v) is 14.3. The molecule has 0 saturated carbocycles. The van der Waals surface area contributed by atoms with E-state index in [1.807, 2.05) is 38.1 Å². The minimum absolute atomic E-state index is 0.0339. The minimum atomic E-state index is -0.378. The lowest BCUT2D eigenvalue weighted by Crippen LogP contribution is -3.16. The Balaban J connectivity index is 1.93. The summed E-state index contributed by atoms with van der Waals surface area (Å²) in [6, 6.07) is 7.43. The highest BCUT2D eigenvalue weighted by Crippen LogP contribution is 2.26. The molecule has 1 aliphatic heterocycles. The fourth-order valence-corrected chi connectivity index (χ4v) is 3.55. The predicted molar refractivity (Wildman–Crippen MR) is 90.6 cm³/mol. The molecule has 0 spiro atoms. The van der Waals surface area contributed by atoms with Crippen LogP contribution in [-0.2, 0) is 14.3 Å². The van der Waals surface area contributed by atoms with E-state index in [-0.39, 0.29) is 29.8 Å². The molecular formula is C16H24N3O3S+. The first kappa shape index (κ1) is 17.8. The third kappa shape index (κ3) is 5.85. The van der Waals surface area contributed by atoms with E-state index in [1.54, 1.807) is 0 Å². The van der Waals surface area contributed by atoms with Crippen LogP contribution in [0.2, 0.25) is 0 Å². The molecule has 23 heavy (non-hydrogen) atoms. The number of carbonyl (C=O) groups is 2. The van der Waals surface area contributed by atoms with Crippen molar-refractivity contribution in [3.63, 3.8) is 0 Å². The number of morpholine rings is 1. The Labute approximate surface area is 140 Å². The van der Waals surface area contributed by atoms with Gasteiger partial charge in [0, 0.05) is 4.90 Å². The van der Waals surface area contributed by atoms with Crippen LogP contribution in [0, 0.1) is 0 Å². The number of primary amides is 1. The number of quaternary nitrogens is 1. The van der Waals surface area contributed by atoms with Gasteiger partial charge in [-0.15, -0.1) is 11.8 Å². The molecule has 0 aliphatic carbocycles. The van der Waals surface area contributed by atoms with Crippen LogP contribution in [0.5, 0.6) is 0 Å². The lowest BCUT2D eigenvalue weighted by Gasteiger charge is -2.31. The molecular weight excluding hydrogens is 314 g/mol. The summed E-state index contributed by atoms with van der Waals surface area (Å²) in [6.45, 7) is 6.13. The largest absolute Gasteiger partial charge is 0.369 e. The Morgan fingerprint density at radius 3 is 2.61 bits per heavy atom. The molecule has 0 bridgehead atoms. The predicted octanol–water partition coefficient (Wildman–Crippen LogP) is -0.105. The maximum atomic E-state index is 12.3. The second-order valence-electron chi connectivity index (χ2n) is 5.89. The van der Waals surface area contributed by atoms with Crippen LogP contribution in [0.3, 0.4) is 0 Å². The van der Waals surface area contributed by atoms with Gasteiger partial charge in [0.2, 0.25) is 5.91 Å². The van der Waals surface area contributed by atoms with E-state index in [2.05, 4.69) is 5.32 Å². The molecule has 0 radical (unpaired) electrons. The van der Waals surface area contributed by atoms with E-state index in [1.165, 1.54) is 16.7 Å². The molecule has 126 valence electrons. The van der Waals surface area contributed by atoms with Gasteiger partial charge in [0.05, 0.1) is 11.4 Å². The summed E-state index contributed by atoms with van der Waals surface area (Å²) in [5.74, 6) is -0.221. The highest BCUT2D eigenvalue weighted by molar-refractivity contribution is 8.00. The zero-order chi connectivity index (χ0) is 16.8. The van der Waals surface area contributed by atoms with Crippen molar-refractivity contribution < 1.29 is 19.2 Å². The van der Waals surface area contributed by atoms with E-state index in [9.17, 15) is 9.59 Å². The van der Waals surface area contributed by atoms with Gasteiger partial charge in [-0.2, -0.15) is 0 Å². The number of hydrogen-bond acceptors (Lipinski definition) is 4. The lowest BCUT2D eigenvalue weighted by atomic mass is 10.2. The Bertz CT molecular complexity index is 557. The number of para-hydroxylation sites is 1. The van der Waals surface area contributed by atoms with Crippen molar-refractivity contribution in [3.8, 4) is 0 Å². The summed E-state index contributed by atoms with van der Waals surface area (Å²) < 4.78 is 5.69. The number of amides is 2. The van der Waals surface area contributed by atoms with E-state index in [0.717, 1.165) is 23.7 Å². The van der Waals surface area contributed by atoms with Crippen molar-refractivity contribution in [3.05, 3.63) is 24.3 Å². The molecule has 6 nitrogen and oxygen atoms in total. The molecule has 1 saturated heterocycles. The highest BCUT2D eigenvalue weighted by atomic mass is 32.2. The quantitative estimate of drug-likeness (QED) is 0.632. The van der Waals surface area contributed by atoms with Crippen molar-refractivity contribution >= 4 is 29.3 Å². The summed E-state index contributed by atoms with van der Waals surface area (Å²) in [5, 5.41) is 2.94. The lowest BCUT2D eigenvalue weighted by molar-refractivity contribution is -0.907. The fourth-order valence-electron chi connectivity index (χ4n) is 2.80. The molecule has 1 aromatic rings. The van der Waals surface area contributed by atoms with Crippen LogP contribution in [0.25, 0.3) is 0 Å². The van der Waals surface area contributed by atoms with Gasteiger partial charge < -0.3 is 20.7 Å². The van der Waals surface area contributed by atoms with Gasteiger partial charge >= 0.3 is 0 Å². The number of hydrogen-bond donors (Lipinski definition) is 3. The van der Waals surface area contributed by atoms with Crippen LogP contribution >= 0.6 is 11.8 Å². The standard InChI is InChI=1S/C16H23N3O3S/c1-11-7-19(8-12(2)22-11)9-16(21)18-13-5-3-4-6-14(13)23-10-15(17)20/h3-6,11-12H,7-10H2,1-2H3,(H2,17,20)(H,18,21)/p+1/t11-,12+. The summed E-state index contributed by atoms with van der Waals surface area (Å²) >= 11 is 1.33. The average molecular weight is 338 g/mol. The minimum Gasteiger partial charge on any atom is -0.369 e. The van der Waals surface area contributed by atoms with Crippen molar-refractivity contribution in [2.45, 2.75) is 31.0 Å². The number of anilines is 1. The first-order chi connectivity index (χ1) is 10.9. The van der Waals surface area contributed by atoms with Crippen LogP contribution in [-0.4, -0.2) is 49.4 Å². The van der Waals surface area contributed by atoms with Crippen LogP contribution in [0.1, 0.15) is 13.8 Å². The molecule has 1 unspecified atom stereocenters. The monoisotopic (exact) mass is 338 g/mol. The number of thioether (sulfide) groups is 1. The average Bonchev–Trinajstić information content (AvgIpc) is 2.45. The maximum Gasteiger partial charge on any atom is 0.279 e. The zero-order valence-electron chi connectivity index (χ0n) is 13.5. The van der Waals surface area contributed by atoms with Crippen LogP contribution < -0.4 is 16.0 Å². The molecule has 2 amide bonds. The molecule has 2 rings (SSSR count). The van der Waals surface area contributed by atoms with Crippen molar-refractivity contribution in [1.82, 2.24) is 0 Å². The topological polar surface area (TPSA) is 85.9 Å². The molecule has 0 aromatic heterocycles. The fraction of sp³-hybridized carbons (Fsp3) is 0.500. The van der Waals surface area contributed by atoms with Crippen molar-refractivity contribution in [1.29, 1.82) is 0 Å². The maximum absolute atomic E-state index is 12.3. The number of nitrogens with two attached hydrogens (primary N) is 1. The highest BCUT2D eigenvalue weighted by Gasteiger charge is 2.27. The number of benzene rings is 1. The van der Waals surface area contributed by atoms with Crippen LogP contribution in [0.4, 0.5) is 5.69 Å². The van der Waals surface area contributed by atoms with Gasteiger partial charge in [-0.25, -0.2) is 0 Å². The molecule has 3 atom stereocenters. The normalized spacial score (nSPS) is 24.2. The van der Waals surface area contributed by atoms with Gasteiger partial charge in [0.25, 0.3) is 5.91 Å². The number of ether oxygens (including phenoxy) is 1. The van der Waals surface area contributed by atoms with Gasteiger partial charge in [-0.3, -0.25) is 9.59 Å². The molecule has 1 aliphatic rings. The summed E-state index contributed by atoms with van der Waals surface area (Å²) in [5.41, 5.74) is 5.90. The Kier molecular flexibility index (Phi) is 6.44. The third-order valence-electron chi connectivity index (χ3n) is 3.56. The van der Waals surface area contributed by atoms with Gasteiger partial charge in [-0.1, -0.05) is 12.1 Å². The summed E-state index contributed by atoms with van der Waals surface area (Å²) in [7, 11) is 0. The van der Waals surface area contributed by atoms with E-state index >= 15 is 0 Å². The second-order valence-corrected chi connectivity index (χ2v) is 6.91. The first-order valence-electron chi connectivity index (χ1n) is 7.73. The Morgan fingerprint density at radius 2 is 1.96 bits per heavy atom. The molecule has 1 fully saturated rings. The van der Waals surface area contributed by atoms with Crippen molar-refractivity contribution in [2.75, 3.05) is 30.7 Å². The first-order valence-corrected chi connectivity index (χ1v) is 8.71. The van der Waals surface area contributed by atoms with Gasteiger partial charge in [-0.05, 0) is 26.0 Å². The van der Waals surface area contributed by atoms with Gasteiger partial charge in [0.15, 0.2) is 6.54 Å². The van der Waals surface area contributed by atoms with E-state index in [4.69, 9.17) is 10.5 Å². The summed E-state index contributed by atoms with van der Waals surface area (Å²) in [6.07, 6.45) is 0.333. The smallest absolute Gasteiger partial charge is 0.279 e. The number of rotatable bonds is 6. The van der Waals surface area contributed by atoms with Crippen LogP contribution in [0.15, 0.2) is 29.2 Å². The second kappa shape index (κ2) is 8.33. The number of nitrogens with one attached hydrogen (secondary N) is 2. The Morgan fingerprint density at radius 1 is 1.30 bits per heavy atom. The molecule has 4 N–H and O–H groups in total. The van der Waals surface area contributed by atoms with Crippen molar-refractivity contribution in [2.24, 2.45) is 5.73 Å². The molecule has 1 aromatic carbocycles. The third-order valence-corrected chi connectivity index (χ3v) is 4.65. The summed E-state index contributed by atoms with van der Waals surface area (Å²) in [4.78, 5) is 25.3. The SMILES string of the molecule is C[C@@H]1C[NH+](CC(=O)Nc2ccccc2SCC(N)=O)C[C@H](C)O1. The van der Waals surface area contributed by atoms with Gasteiger partial charge in [0.1, 0.15) is 25.3 Å². The molecule has 7 heteroatoms. The van der Waals surface area contributed by atoms with E-state index < -0.39 is 0 Å². The molecule has 1 heterocycles.